The van der Waals surface area contributed by atoms with E-state index in [2.05, 4.69) is 5.32 Å². The number of hydrogen-bond acceptors (Lipinski definition) is 5. The highest BCUT2D eigenvalue weighted by atomic mass is 35.5. The minimum absolute atomic E-state index is 0.0598. The van der Waals surface area contributed by atoms with E-state index in [1.807, 2.05) is 6.92 Å². The lowest BCUT2D eigenvalue weighted by atomic mass is 10.2. The highest BCUT2D eigenvalue weighted by Gasteiger charge is 2.28. The van der Waals surface area contributed by atoms with Gasteiger partial charge in [0.1, 0.15) is 6.54 Å². The third-order valence-electron chi connectivity index (χ3n) is 4.98. The van der Waals surface area contributed by atoms with Crippen LogP contribution in [0.15, 0.2) is 71.6 Å². The van der Waals surface area contributed by atoms with Crippen molar-refractivity contribution < 1.29 is 22.7 Å². The predicted molar refractivity (Wildman–Crippen MR) is 133 cm³/mol. The van der Waals surface area contributed by atoms with Gasteiger partial charge in [0.15, 0.2) is 0 Å². The van der Waals surface area contributed by atoms with Crippen LogP contribution in [0, 0.1) is 13.8 Å². The number of benzene rings is 3. The minimum Gasteiger partial charge on any atom is -0.462 e. The van der Waals surface area contributed by atoms with Crippen LogP contribution in [-0.4, -0.2) is 33.4 Å². The molecule has 3 aromatic rings. The first kappa shape index (κ1) is 25.3. The topological polar surface area (TPSA) is 92.8 Å². The molecular weight excluding hydrogens is 476 g/mol. The van der Waals surface area contributed by atoms with Crippen LogP contribution in [-0.2, 0) is 19.6 Å². The molecule has 7 nitrogen and oxygen atoms in total. The first-order valence-corrected chi connectivity index (χ1v) is 12.4. The second kappa shape index (κ2) is 10.7. The van der Waals surface area contributed by atoms with Gasteiger partial charge in [-0.3, -0.25) is 9.10 Å². The molecule has 1 N–H and O–H groups in total. The van der Waals surface area contributed by atoms with Crippen LogP contribution in [0.1, 0.15) is 28.4 Å². The predicted octanol–water partition coefficient (Wildman–Crippen LogP) is 4.97. The van der Waals surface area contributed by atoms with Crippen LogP contribution in [0.2, 0.25) is 5.02 Å². The van der Waals surface area contributed by atoms with Crippen molar-refractivity contribution in [3.8, 4) is 0 Å². The Morgan fingerprint density at radius 2 is 1.71 bits per heavy atom. The van der Waals surface area contributed by atoms with Gasteiger partial charge >= 0.3 is 5.97 Å². The SMILES string of the molecule is CCOC(=O)c1cccc(NC(=O)CN(c2ccc(Cl)cc2C)S(=O)(=O)c2ccc(C)cc2)c1. The lowest BCUT2D eigenvalue weighted by Crippen LogP contribution is -2.38. The Kier molecular flexibility index (Phi) is 7.96. The number of nitrogens with zero attached hydrogens (tertiary/aromatic N) is 1. The van der Waals surface area contributed by atoms with E-state index in [1.54, 1.807) is 62.4 Å². The van der Waals surface area contributed by atoms with Gasteiger partial charge in [0.2, 0.25) is 5.91 Å². The van der Waals surface area contributed by atoms with Crippen molar-refractivity contribution in [2.45, 2.75) is 25.7 Å². The molecule has 0 saturated heterocycles. The van der Waals surface area contributed by atoms with E-state index in [0.29, 0.717) is 22.0 Å². The lowest BCUT2D eigenvalue weighted by molar-refractivity contribution is -0.114. The number of sulfonamides is 1. The van der Waals surface area contributed by atoms with Gasteiger partial charge in [0.05, 0.1) is 22.8 Å². The molecule has 0 heterocycles. The summed E-state index contributed by atoms with van der Waals surface area (Å²) in [5.41, 5.74) is 2.46. The summed E-state index contributed by atoms with van der Waals surface area (Å²) in [5.74, 6) is -1.09. The molecule has 0 aromatic heterocycles. The molecule has 0 unspecified atom stereocenters. The van der Waals surface area contributed by atoms with Crippen molar-refractivity contribution in [3.63, 3.8) is 0 Å². The summed E-state index contributed by atoms with van der Waals surface area (Å²) >= 11 is 6.06. The number of aryl methyl sites for hydroxylation is 2. The second-order valence-corrected chi connectivity index (χ2v) is 9.90. The van der Waals surface area contributed by atoms with Gasteiger partial charge in [-0.15, -0.1) is 0 Å². The monoisotopic (exact) mass is 500 g/mol. The Morgan fingerprint density at radius 1 is 1.00 bits per heavy atom. The zero-order chi connectivity index (χ0) is 24.9. The van der Waals surface area contributed by atoms with Crippen molar-refractivity contribution in [2.75, 3.05) is 22.8 Å². The van der Waals surface area contributed by atoms with Crippen molar-refractivity contribution in [2.24, 2.45) is 0 Å². The summed E-state index contributed by atoms with van der Waals surface area (Å²) in [6.45, 7) is 5.02. The summed E-state index contributed by atoms with van der Waals surface area (Å²) in [7, 11) is -4.07. The fraction of sp³-hybridized carbons (Fsp3) is 0.200. The number of anilines is 2. The van der Waals surface area contributed by atoms with Crippen LogP contribution in [0.5, 0.6) is 0 Å². The Labute approximate surface area is 204 Å². The Hall–Kier alpha value is -3.36. The summed E-state index contributed by atoms with van der Waals surface area (Å²) in [6, 6.07) is 17.4. The quantitative estimate of drug-likeness (QED) is 0.441. The van der Waals surface area contributed by atoms with Crippen molar-refractivity contribution in [1.29, 1.82) is 0 Å². The van der Waals surface area contributed by atoms with Crippen molar-refractivity contribution in [1.82, 2.24) is 0 Å². The molecule has 9 heteroatoms. The van der Waals surface area contributed by atoms with Crippen LogP contribution in [0.4, 0.5) is 11.4 Å². The molecule has 0 aliphatic carbocycles. The van der Waals surface area contributed by atoms with Crippen LogP contribution in [0.25, 0.3) is 0 Å². The molecule has 0 aliphatic heterocycles. The number of carbonyl (C=O) groups excluding carboxylic acids is 2. The standard InChI is InChI=1S/C25H25ClN2O5S/c1-4-33-25(30)19-6-5-7-21(15-19)27-24(29)16-28(23-13-10-20(26)14-18(23)3)34(31,32)22-11-8-17(2)9-12-22/h5-15H,4,16H2,1-3H3,(H,27,29). The van der Waals surface area contributed by atoms with Gasteiger partial charge in [-0.25, -0.2) is 13.2 Å². The molecule has 0 atom stereocenters. The maximum atomic E-state index is 13.5. The van der Waals surface area contributed by atoms with Gasteiger partial charge in [0.25, 0.3) is 10.0 Å². The van der Waals surface area contributed by atoms with E-state index in [0.717, 1.165) is 9.87 Å². The number of rotatable bonds is 8. The van der Waals surface area contributed by atoms with Crippen molar-refractivity contribution in [3.05, 3.63) is 88.4 Å². The van der Waals surface area contributed by atoms with Gasteiger partial charge < -0.3 is 10.1 Å². The molecule has 0 aliphatic rings. The molecule has 0 radical (unpaired) electrons. The van der Waals surface area contributed by atoms with E-state index in [1.165, 1.54) is 18.2 Å². The van der Waals surface area contributed by atoms with Crippen LogP contribution < -0.4 is 9.62 Å². The smallest absolute Gasteiger partial charge is 0.338 e. The Morgan fingerprint density at radius 3 is 2.35 bits per heavy atom. The number of carbonyl (C=O) groups is 2. The van der Waals surface area contributed by atoms with Crippen LogP contribution in [0.3, 0.4) is 0 Å². The maximum Gasteiger partial charge on any atom is 0.338 e. The fourth-order valence-electron chi connectivity index (χ4n) is 3.31. The molecule has 3 aromatic carbocycles. The summed E-state index contributed by atoms with van der Waals surface area (Å²) in [4.78, 5) is 25.0. The maximum absolute atomic E-state index is 13.5. The molecule has 3 rings (SSSR count). The van der Waals surface area contributed by atoms with E-state index in [-0.39, 0.29) is 17.1 Å². The van der Waals surface area contributed by atoms with E-state index in [9.17, 15) is 18.0 Å². The summed E-state index contributed by atoms with van der Waals surface area (Å²) in [6.07, 6.45) is 0. The van der Waals surface area contributed by atoms with Crippen molar-refractivity contribution >= 4 is 44.9 Å². The van der Waals surface area contributed by atoms with Gasteiger partial charge in [0, 0.05) is 10.7 Å². The Balaban J connectivity index is 1.93. The highest BCUT2D eigenvalue weighted by Crippen LogP contribution is 2.29. The largest absolute Gasteiger partial charge is 0.462 e. The average molecular weight is 501 g/mol. The lowest BCUT2D eigenvalue weighted by Gasteiger charge is -2.26. The Bertz CT molecular complexity index is 1310. The second-order valence-electron chi connectivity index (χ2n) is 7.60. The van der Waals surface area contributed by atoms with Gasteiger partial charge in [-0.05, 0) is 74.9 Å². The first-order valence-electron chi connectivity index (χ1n) is 10.5. The normalized spacial score (nSPS) is 11.1. The first-order chi connectivity index (χ1) is 16.1. The number of hydrogen-bond donors (Lipinski definition) is 1. The molecule has 1 amide bonds. The van der Waals surface area contributed by atoms with Gasteiger partial charge in [-0.2, -0.15) is 0 Å². The highest BCUT2D eigenvalue weighted by molar-refractivity contribution is 7.92. The molecule has 0 spiro atoms. The average Bonchev–Trinajstić information content (AvgIpc) is 2.78. The molecule has 178 valence electrons. The molecular formula is C25H25ClN2O5S. The molecule has 0 saturated carbocycles. The van der Waals surface area contributed by atoms with Gasteiger partial charge in [-0.1, -0.05) is 35.4 Å². The van der Waals surface area contributed by atoms with E-state index >= 15 is 0 Å². The molecule has 0 fully saturated rings. The molecule has 0 bridgehead atoms. The number of ether oxygens (including phenoxy) is 1. The summed E-state index contributed by atoms with van der Waals surface area (Å²) in [5, 5.41) is 3.12. The summed E-state index contributed by atoms with van der Waals surface area (Å²) < 4.78 is 33.1. The third-order valence-corrected chi connectivity index (χ3v) is 6.99. The number of halogens is 1. The number of nitrogens with one attached hydrogen (secondary N) is 1. The zero-order valence-corrected chi connectivity index (χ0v) is 20.6. The molecule has 34 heavy (non-hydrogen) atoms. The van der Waals surface area contributed by atoms with E-state index in [4.69, 9.17) is 16.3 Å². The number of esters is 1. The van der Waals surface area contributed by atoms with Crippen LogP contribution >= 0.6 is 11.6 Å². The van der Waals surface area contributed by atoms with E-state index < -0.39 is 28.4 Å². The minimum atomic E-state index is -4.07. The fourth-order valence-corrected chi connectivity index (χ4v) is 5.02. The third kappa shape index (κ3) is 5.95. The zero-order valence-electron chi connectivity index (χ0n) is 19.0. The number of amides is 1.